The van der Waals surface area contributed by atoms with Crippen molar-refractivity contribution in [2.24, 2.45) is 0 Å². The Morgan fingerprint density at radius 1 is 1.45 bits per heavy atom. The molecule has 0 N–H and O–H groups in total. The largest absolute Gasteiger partial charge is 0.336 e. The number of benzene rings is 1. The molecule has 1 amide bonds. The van der Waals surface area contributed by atoms with Gasteiger partial charge < -0.3 is 4.90 Å². The standard InChI is InChI=1S/C14H19ClN2O3/c1-10(2)16(8-4-7-15)14(18)12-9-11(3)5-6-13(12)17(19)20/h5-6,9-10H,4,7-8H2,1-3H3. The highest BCUT2D eigenvalue weighted by atomic mass is 35.5. The SMILES string of the molecule is Cc1ccc([N+](=O)[O-])c(C(=O)N(CCCCl)C(C)C)c1. The predicted octanol–water partition coefficient (Wildman–Crippen LogP) is 3.38. The number of amides is 1. The van der Waals surface area contributed by atoms with E-state index in [2.05, 4.69) is 0 Å². The molecular formula is C14H19ClN2O3. The molecule has 0 unspecified atom stereocenters. The highest BCUT2D eigenvalue weighted by Crippen LogP contribution is 2.22. The van der Waals surface area contributed by atoms with E-state index in [-0.39, 0.29) is 23.2 Å². The molecule has 1 rings (SSSR count). The predicted molar refractivity (Wildman–Crippen MR) is 79.3 cm³/mol. The van der Waals surface area contributed by atoms with Gasteiger partial charge in [0.1, 0.15) is 5.56 Å². The van der Waals surface area contributed by atoms with E-state index in [0.29, 0.717) is 18.8 Å². The summed E-state index contributed by atoms with van der Waals surface area (Å²) in [6, 6.07) is 4.54. The zero-order chi connectivity index (χ0) is 15.3. The van der Waals surface area contributed by atoms with Gasteiger partial charge in [-0.1, -0.05) is 6.07 Å². The molecule has 0 saturated heterocycles. The number of carbonyl (C=O) groups is 1. The third-order valence-corrected chi connectivity index (χ3v) is 3.26. The summed E-state index contributed by atoms with van der Waals surface area (Å²) in [6.07, 6.45) is 0.658. The molecule has 0 heterocycles. The summed E-state index contributed by atoms with van der Waals surface area (Å²) in [4.78, 5) is 24.7. The lowest BCUT2D eigenvalue weighted by atomic mass is 10.1. The Hall–Kier alpha value is -1.62. The number of rotatable bonds is 6. The minimum atomic E-state index is -0.521. The lowest BCUT2D eigenvalue weighted by molar-refractivity contribution is -0.385. The van der Waals surface area contributed by atoms with Crippen molar-refractivity contribution in [1.29, 1.82) is 0 Å². The van der Waals surface area contributed by atoms with Gasteiger partial charge >= 0.3 is 0 Å². The summed E-state index contributed by atoms with van der Waals surface area (Å²) < 4.78 is 0. The fourth-order valence-electron chi connectivity index (χ4n) is 1.96. The van der Waals surface area contributed by atoms with Gasteiger partial charge in [0.25, 0.3) is 11.6 Å². The molecule has 0 fully saturated rings. The molecule has 0 radical (unpaired) electrons. The minimum absolute atomic E-state index is 0.0363. The van der Waals surface area contributed by atoms with Crippen molar-refractivity contribution in [3.05, 3.63) is 39.4 Å². The van der Waals surface area contributed by atoms with Crippen LogP contribution in [-0.2, 0) is 0 Å². The first kappa shape index (κ1) is 16.4. The zero-order valence-corrected chi connectivity index (χ0v) is 12.7. The Balaban J connectivity index is 3.16. The van der Waals surface area contributed by atoms with Crippen molar-refractivity contribution in [2.75, 3.05) is 12.4 Å². The van der Waals surface area contributed by atoms with Gasteiger partial charge in [-0.05, 0) is 38.8 Å². The second kappa shape index (κ2) is 7.24. The summed E-state index contributed by atoms with van der Waals surface area (Å²) in [5.74, 6) is 0.132. The van der Waals surface area contributed by atoms with Crippen LogP contribution in [0.5, 0.6) is 0 Å². The van der Waals surface area contributed by atoms with Gasteiger partial charge in [0.2, 0.25) is 0 Å². The van der Waals surface area contributed by atoms with Crippen molar-refractivity contribution in [1.82, 2.24) is 4.90 Å². The van der Waals surface area contributed by atoms with Crippen LogP contribution < -0.4 is 0 Å². The number of halogens is 1. The second-order valence-corrected chi connectivity index (χ2v) is 5.29. The fraction of sp³-hybridized carbons (Fsp3) is 0.500. The van der Waals surface area contributed by atoms with E-state index in [1.54, 1.807) is 24.0 Å². The van der Waals surface area contributed by atoms with Crippen LogP contribution in [0.15, 0.2) is 18.2 Å². The molecule has 110 valence electrons. The number of nitro groups is 1. The molecule has 0 aromatic heterocycles. The van der Waals surface area contributed by atoms with Crippen molar-refractivity contribution in [3.8, 4) is 0 Å². The van der Waals surface area contributed by atoms with Crippen LogP contribution in [0.4, 0.5) is 5.69 Å². The van der Waals surface area contributed by atoms with Crippen LogP contribution in [-0.4, -0.2) is 34.2 Å². The van der Waals surface area contributed by atoms with Gasteiger partial charge in [-0.3, -0.25) is 14.9 Å². The lowest BCUT2D eigenvalue weighted by Gasteiger charge is -2.26. The molecule has 1 aromatic carbocycles. The van der Waals surface area contributed by atoms with E-state index in [4.69, 9.17) is 11.6 Å². The van der Waals surface area contributed by atoms with Crippen molar-refractivity contribution in [3.63, 3.8) is 0 Å². The first-order valence-corrected chi connectivity index (χ1v) is 7.04. The molecule has 0 aliphatic carbocycles. The summed E-state index contributed by atoms with van der Waals surface area (Å²) in [7, 11) is 0. The molecule has 20 heavy (non-hydrogen) atoms. The number of aryl methyl sites for hydroxylation is 1. The zero-order valence-electron chi connectivity index (χ0n) is 11.9. The van der Waals surface area contributed by atoms with Gasteiger partial charge in [0.05, 0.1) is 4.92 Å². The Morgan fingerprint density at radius 3 is 2.60 bits per heavy atom. The number of hydrogen-bond donors (Lipinski definition) is 0. The Bertz CT molecular complexity index is 503. The molecule has 6 heteroatoms. The number of hydrogen-bond acceptors (Lipinski definition) is 3. The fourth-order valence-corrected chi connectivity index (χ4v) is 2.08. The third-order valence-electron chi connectivity index (χ3n) is 3.00. The topological polar surface area (TPSA) is 63.5 Å². The molecule has 0 spiro atoms. The van der Waals surface area contributed by atoms with Crippen molar-refractivity contribution in [2.45, 2.75) is 33.2 Å². The lowest BCUT2D eigenvalue weighted by Crippen LogP contribution is -2.38. The molecular weight excluding hydrogens is 280 g/mol. The van der Waals surface area contributed by atoms with E-state index < -0.39 is 4.92 Å². The Labute approximate surface area is 123 Å². The molecule has 1 aromatic rings. The van der Waals surface area contributed by atoms with Gasteiger partial charge in [-0.2, -0.15) is 0 Å². The Kier molecular flexibility index (Phi) is 5.95. The quantitative estimate of drug-likeness (QED) is 0.459. The second-order valence-electron chi connectivity index (χ2n) is 4.91. The third kappa shape index (κ3) is 3.93. The van der Waals surface area contributed by atoms with Gasteiger partial charge in [0, 0.05) is 24.5 Å². The maximum Gasteiger partial charge on any atom is 0.282 e. The van der Waals surface area contributed by atoms with Crippen LogP contribution in [0, 0.1) is 17.0 Å². The highest BCUT2D eigenvalue weighted by molar-refractivity contribution is 6.17. The van der Waals surface area contributed by atoms with E-state index in [0.717, 1.165) is 5.56 Å². The number of carbonyl (C=O) groups excluding carboxylic acids is 1. The average Bonchev–Trinajstić information content (AvgIpc) is 2.38. The first-order chi connectivity index (χ1) is 9.38. The average molecular weight is 299 g/mol. The molecule has 0 atom stereocenters. The smallest absolute Gasteiger partial charge is 0.282 e. The van der Waals surface area contributed by atoms with Crippen LogP contribution >= 0.6 is 11.6 Å². The van der Waals surface area contributed by atoms with Gasteiger partial charge in [0.15, 0.2) is 0 Å². The number of alkyl halides is 1. The van der Waals surface area contributed by atoms with E-state index >= 15 is 0 Å². The Morgan fingerprint density at radius 2 is 2.10 bits per heavy atom. The maximum atomic E-state index is 12.5. The minimum Gasteiger partial charge on any atom is -0.336 e. The van der Waals surface area contributed by atoms with E-state index in [1.807, 2.05) is 13.8 Å². The number of nitrogens with zero attached hydrogens (tertiary/aromatic N) is 2. The summed E-state index contributed by atoms with van der Waals surface area (Å²) in [6.45, 7) is 6.06. The van der Waals surface area contributed by atoms with Crippen molar-refractivity contribution >= 4 is 23.2 Å². The molecule has 0 bridgehead atoms. The molecule has 0 aliphatic rings. The molecule has 0 aliphatic heterocycles. The van der Waals surface area contributed by atoms with Gasteiger partial charge in [-0.15, -0.1) is 11.6 Å². The van der Waals surface area contributed by atoms with Crippen LogP contribution in [0.2, 0.25) is 0 Å². The summed E-state index contributed by atoms with van der Waals surface area (Å²) in [5, 5.41) is 11.1. The first-order valence-electron chi connectivity index (χ1n) is 6.50. The maximum absolute atomic E-state index is 12.5. The highest BCUT2D eigenvalue weighted by Gasteiger charge is 2.26. The monoisotopic (exact) mass is 298 g/mol. The summed E-state index contributed by atoms with van der Waals surface area (Å²) >= 11 is 5.66. The summed E-state index contributed by atoms with van der Waals surface area (Å²) in [5.41, 5.74) is 0.801. The molecule has 0 saturated carbocycles. The van der Waals surface area contributed by atoms with Crippen LogP contribution in [0.3, 0.4) is 0 Å². The van der Waals surface area contributed by atoms with Crippen LogP contribution in [0.25, 0.3) is 0 Å². The molecule has 5 nitrogen and oxygen atoms in total. The number of nitro benzene ring substituents is 1. The normalized spacial score (nSPS) is 10.7. The van der Waals surface area contributed by atoms with E-state index in [9.17, 15) is 14.9 Å². The van der Waals surface area contributed by atoms with E-state index in [1.165, 1.54) is 6.07 Å². The van der Waals surface area contributed by atoms with Crippen LogP contribution in [0.1, 0.15) is 36.2 Å². The van der Waals surface area contributed by atoms with Crippen molar-refractivity contribution < 1.29 is 9.72 Å². The van der Waals surface area contributed by atoms with Gasteiger partial charge in [-0.25, -0.2) is 0 Å².